The van der Waals surface area contributed by atoms with Crippen molar-refractivity contribution in [3.63, 3.8) is 0 Å². The lowest BCUT2D eigenvalue weighted by Crippen LogP contribution is -2.40. The summed E-state index contributed by atoms with van der Waals surface area (Å²) >= 11 is 0. The number of unbranched alkanes of at least 4 members (excludes halogenated alkanes) is 3. The van der Waals surface area contributed by atoms with Crippen LogP contribution < -0.4 is 0 Å². The SMILES string of the molecule is C=CCC(CC=C)(CCCOC(=O)[C@@H](C)OC)C(C)=O.C[C@H]1OC(=O)[C@@H](C)OC1=O.OCCCCCCO. The van der Waals surface area contributed by atoms with Crippen molar-refractivity contribution in [2.75, 3.05) is 26.9 Å². The maximum Gasteiger partial charge on any atom is 0.347 e. The van der Waals surface area contributed by atoms with Gasteiger partial charge in [0.2, 0.25) is 0 Å². The van der Waals surface area contributed by atoms with E-state index in [0.717, 1.165) is 25.7 Å². The minimum atomic E-state index is -0.747. The highest BCUT2D eigenvalue weighted by molar-refractivity contribution is 5.86. The van der Waals surface area contributed by atoms with Crippen LogP contribution in [0.15, 0.2) is 25.3 Å². The number of rotatable bonds is 16. The summed E-state index contributed by atoms with van der Waals surface area (Å²) in [5, 5.41) is 16.6. The van der Waals surface area contributed by atoms with Gasteiger partial charge in [0.15, 0.2) is 18.3 Å². The van der Waals surface area contributed by atoms with E-state index in [-0.39, 0.29) is 31.6 Å². The molecule has 0 bridgehead atoms. The third-order valence-electron chi connectivity index (χ3n) is 5.86. The number of Topliss-reactive ketones (excluding diaryl/α,β-unsaturated/α-hetero) is 1. The van der Waals surface area contributed by atoms with Crippen molar-refractivity contribution in [2.24, 2.45) is 5.41 Å². The fourth-order valence-electron chi connectivity index (χ4n) is 3.31. The van der Waals surface area contributed by atoms with Crippen molar-refractivity contribution in [3.05, 3.63) is 25.3 Å². The molecule has 1 saturated heterocycles. The Bertz CT molecular complexity index is 682. The van der Waals surface area contributed by atoms with E-state index in [1.165, 1.54) is 21.0 Å². The highest BCUT2D eigenvalue weighted by Crippen LogP contribution is 2.34. The van der Waals surface area contributed by atoms with Crippen LogP contribution in [0, 0.1) is 5.41 Å². The monoisotopic (exact) mass is 544 g/mol. The number of hydrogen-bond acceptors (Lipinski definition) is 10. The van der Waals surface area contributed by atoms with Gasteiger partial charge in [-0.1, -0.05) is 25.0 Å². The zero-order valence-electron chi connectivity index (χ0n) is 23.7. The summed E-state index contributed by atoms with van der Waals surface area (Å²) in [6.07, 6.45) is 7.77. The predicted molar refractivity (Wildman–Crippen MR) is 143 cm³/mol. The Kier molecular flexibility index (Phi) is 22.2. The van der Waals surface area contributed by atoms with Crippen LogP contribution in [0.25, 0.3) is 0 Å². The number of methoxy groups -OCH3 is 1. The lowest BCUT2D eigenvalue weighted by atomic mass is 9.74. The first-order valence-corrected chi connectivity index (χ1v) is 13.0. The Morgan fingerprint density at radius 2 is 1.39 bits per heavy atom. The Hall–Kier alpha value is -2.56. The molecule has 1 heterocycles. The smallest absolute Gasteiger partial charge is 0.347 e. The molecule has 1 rings (SSSR count). The topological polar surface area (TPSA) is 146 Å². The number of hydrogen-bond donors (Lipinski definition) is 2. The van der Waals surface area contributed by atoms with Crippen LogP contribution >= 0.6 is 0 Å². The number of carbonyl (C=O) groups excluding carboxylic acids is 4. The Balaban J connectivity index is 0. The lowest BCUT2D eigenvalue weighted by Gasteiger charge is -2.29. The van der Waals surface area contributed by atoms with E-state index in [9.17, 15) is 19.2 Å². The quantitative estimate of drug-likeness (QED) is 0.128. The standard InChI is InChI=1S/C16H26O4.C6H8O4.C6H14O2/c1-6-9-16(10-7-2,14(4)17)11-8-12-20-15(18)13(3)19-5;1-3-5(7)10-4(2)6(8)9-3;7-5-3-1-2-4-6-8/h6-7,13H,1-2,8-12H2,3-5H3;3-4H,1-2H3;7-8H,1-6H2/t13-;3-,4-;/m11./s1. The second kappa shape index (κ2) is 22.4. The minimum Gasteiger partial charge on any atom is -0.464 e. The first kappa shape index (κ1) is 37.6. The number of ether oxygens (including phenoxy) is 4. The first-order valence-electron chi connectivity index (χ1n) is 13.0. The van der Waals surface area contributed by atoms with Crippen LogP contribution in [0.5, 0.6) is 0 Å². The summed E-state index contributed by atoms with van der Waals surface area (Å²) in [6, 6.07) is 0. The van der Waals surface area contributed by atoms with Crippen LogP contribution in [0.3, 0.4) is 0 Å². The van der Waals surface area contributed by atoms with Gasteiger partial charge in [0.25, 0.3) is 0 Å². The number of aliphatic hydroxyl groups is 2. The third-order valence-corrected chi connectivity index (χ3v) is 5.86. The van der Waals surface area contributed by atoms with Crippen LogP contribution in [0.1, 0.15) is 79.1 Å². The Morgan fingerprint density at radius 1 is 0.947 bits per heavy atom. The molecule has 10 nitrogen and oxygen atoms in total. The van der Waals surface area contributed by atoms with Crippen LogP contribution in [0.2, 0.25) is 0 Å². The third kappa shape index (κ3) is 16.3. The summed E-state index contributed by atoms with van der Waals surface area (Å²) in [7, 11) is 1.46. The second-order valence-electron chi connectivity index (χ2n) is 8.99. The molecule has 0 aliphatic carbocycles. The van der Waals surface area contributed by atoms with E-state index in [1.807, 2.05) is 0 Å². The zero-order valence-corrected chi connectivity index (χ0v) is 23.7. The van der Waals surface area contributed by atoms with Gasteiger partial charge < -0.3 is 29.2 Å². The predicted octanol–water partition coefficient (Wildman–Crippen LogP) is 3.47. The fourth-order valence-corrected chi connectivity index (χ4v) is 3.31. The van der Waals surface area contributed by atoms with Gasteiger partial charge in [0.1, 0.15) is 5.78 Å². The Morgan fingerprint density at radius 3 is 1.74 bits per heavy atom. The number of carbonyl (C=O) groups is 4. The highest BCUT2D eigenvalue weighted by atomic mass is 16.6. The average molecular weight is 545 g/mol. The van der Waals surface area contributed by atoms with Gasteiger partial charge in [0.05, 0.1) is 6.61 Å². The summed E-state index contributed by atoms with van der Waals surface area (Å²) in [5.74, 6) is -1.22. The van der Waals surface area contributed by atoms with Crippen LogP contribution in [0.4, 0.5) is 0 Å². The summed E-state index contributed by atoms with van der Waals surface area (Å²) < 4.78 is 19.2. The molecular formula is C28H48O10. The molecule has 0 amide bonds. The lowest BCUT2D eigenvalue weighted by molar-refractivity contribution is -0.191. The molecule has 1 aliphatic heterocycles. The summed E-state index contributed by atoms with van der Waals surface area (Å²) in [6.45, 7) is 14.5. The molecule has 0 unspecified atom stereocenters. The van der Waals surface area contributed by atoms with Crippen molar-refractivity contribution >= 4 is 23.7 Å². The normalized spacial score (nSPS) is 17.3. The molecular weight excluding hydrogens is 496 g/mol. The van der Waals surface area contributed by atoms with Gasteiger partial charge in [-0.2, -0.15) is 0 Å². The summed E-state index contributed by atoms with van der Waals surface area (Å²) in [5.41, 5.74) is -0.469. The van der Waals surface area contributed by atoms with Gasteiger partial charge in [-0.15, -0.1) is 13.2 Å². The molecule has 0 saturated carbocycles. The molecule has 0 aromatic heterocycles. The fraction of sp³-hybridized carbons (Fsp3) is 0.714. The van der Waals surface area contributed by atoms with E-state index in [2.05, 4.69) is 22.6 Å². The van der Waals surface area contributed by atoms with Crippen molar-refractivity contribution in [1.82, 2.24) is 0 Å². The van der Waals surface area contributed by atoms with Gasteiger partial charge in [-0.05, 0) is 66.2 Å². The number of aliphatic hydroxyl groups excluding tert-OH is 2. The Labute approximate surface area is 227 Å². The number of allylic oxidation sites excluding steroid dienone is 2. The van der Waals surface area contributed by atoms with Gasteiger partial charge in [-0.25, -0.2) is 14.4 Å². The maximum atomic E-state index is 11.9. The largest absolute Gasteiger partial charge is 0.464 e. The molecule has 0 aromatic rings. The van der Waals surface area contributed by atoms with Gasteiger partial charge >= 0.3 is 17.9 Å². The minimum absolute atomic E-state index is 0.119. The molecule has 1 aliphatic rings. The average Bonchev–Trinajstić information content (AvgIpc) is 2.88. The van der Waals surface area contributed by atoms with Crippen molar-refractivity contribution in [2.45, 2.75) is 97.4 Å². The van der Waals surface area contributed by atoms with E-state index in [1.54, 1.807) is 26.0 Å². The van der Waals surface area contributed by atoms with Crippen molar-refractivity contribution in [3.8, 4) is 0 Å². The molecule has 10 heteroatoms. The van der Waals surface area contributed by atoms with E-state index in [0.29, 0.717) is 25.7 Å². The molecule has 0 radical (unpaired) electrons. The van der Waals surface area contributed by atoms with Crippen molar-refractivity contribution in [1.29, 1.82) is 0 Å². The maximum absolute atomic E-state index is 11.9. The first-order chi connectivity index (χ1) is 18.0. The molecule has 3 atom stereocenters. The zero-order chi connectivity index (χ0) is 29.6. The van der Waals surface area contributed by atoms with E-state index >= 15 is 0 Å². The van der Waals surface area contributed by atoms with Crippen LogP contribution in [-0.4, -0.2) is 79.1 Å². The highest BCUT2D eigenvalue weighted by Gasteiger charge is 2.33. The van der Waals surface area contributed by atoms with Gasteiger partial charge in [0, 0.05) is 25.7 Å². The molecule has 2 N–H and O–H groups in total. The second-order valence-corrected chi connectivity index (χ2v) is 8.99. The number of esters is 3. The molecule has 1 fully saturated rings. The molecule has 0 aromatic carbocycles. The van der Waals surface area contributed by atoms with Crippen LogP contribution in [-0.2, 0) is 38.1 Å². The molecule has 38 heavy (non-hydrogen) atoms. The number of ketones is 1. The van der Waals surface area contributed by atoms with Gasteiger partial charge in [-0.3, -0.25) is 4.79 Å². The summed E-state index contributed by atoms with van der Waals surface area (Å²) in [4.78, 5) is 44.6. The molecule has 0 spiro atoms. The van der Waals surface area contributed by atoms with Crippen molar-refractivity contribution < 1.29 is 48.3 Å². The number of cyclic esters (lactones) is 2. The van der Waals surface area contributed by atoms with E-state index < -0.39 is 35.7 Å². The molecule has 220 valence electrons. The van der Waals surface area contributed by atoms with E-state index in [4.69, 9.17) is 19.7 Å².